The van der Waals surface area contributed by atoms with Crippen LogP contribution in [0.4, 0.5) is 5.69 Å². The molecule has 0 unspecified atom stereocenters. The number of amides is 1. The third kappa shape index (κ3) is 1.91. The zero-order valence-electron chi connectivity index (χ0n) is 9.43. The van der Waals surface area contributed by atoms with Crippen LogP contribution in [-0.2, 0) is 4.79 Å². The molecule has 1 aromatic carbocycles. The van der Waals surface area contributed by atoms with Gasteiger partial charge in [0.2, 0.25) is 0 Å². The van der Waals surface area contributed by atoms with Crippen molar-refractivity contribution < 1.29 is 9.53 Å². The number of methoxy groups -OCH3 is 1. The van der Waals surface area contributed by atoms with Crippen LogP contribution in [0, 0.1) is 0 Å². The normalized spacial score (nSPS) is 15.2. The summed E-state index contributed by atoms with van der Waals surface area (Å²) >= 11 is 0. The number of rotatable bonds is 3. The Labute approximate surface area is 94.5 Å². The van der Waals surface area contributed by atoms with E-state index in [4.69, 9.17) is 4.74 Å². The molecule has 4 heteroatoms. The van der Waals surface area contributed by atoms with Crippen LogP contribution in [0.1, 0.15) is 19.8 Å². The van der Waals surface area contributed by atoms with E-state index in [0.717, 1.165) is 23.6 Å². The molecule has 0 fully saturated rings. The molecule has 0 radical (unpaired) electrons. The second-order valence-electron chi connectivity index (χ2n) is 3.60. The number of benzene rings is 1. The second-order valence-corrected chi connectivity index (χ2v) is 3.60. The molecule has 84 valence electrons. The van der Waals surface area contributed by atoms with Gasteiger partial charge in [0.25, 0.3) is 5.91 Å². The SMILES string of the molecule is CCC1=NN(c2cccc(OC)c2)C(=O)C1. The number of carbonyl (C=O) groups is 1. The molecular formula is C12H14N2O2. The average molecular weight is 218 g/mol. The summed E-state index contributed by atoms with van der Waals surface area (Å²) in [6, 6.07) is 7.35. The predicted molar refractivity (Wildman–Crippen MR) is 62.8 cm³/mol. The quantitative estimate of drug-likeness (QED) is 0.780. The van der Waals surface area contributed by atoms with Crippen LogP contribution >= 0.6 is 0 Å². The summed E-state index contributed by atoms with van der Waals surface area (Å²) in [5.74, 6) is 0.746. The van der Waals surface area contributed by atoms with E-state index in [2.05, 4.69) is 5.10 Å². The molecule has 0 aliphatic carbocycles. The highest BCUT2D eigenvalue weighted by Gasteiger charge is 2.24. The highest BCUT2D eigenvalue weighted by molar-refractivity contribution is 6.12. The molecule has 0 saturated carbocycles. The highest BCUT2D eigenvalue weighted by Crippen LogP contribution is 2.25. The lowest BCUT2D eigenvalue weighted by atomic mass is 10.2. The van der Waals surface area contributed by atoms with E-state index >= 15 is 0 Å². The van der Waals surface area contributed by atoms with Crippen molar-refractivity contribution in [3.63, 3.8) is 0 Å². The molecule has 1 amide bonds. The molecule has 1 heterocycles. The minimum Gasteiger partial charge on any atom is -0.497 e. The van der Waals surface area contributed by atoms with Crippen LogP contribution in [0.2, 0.25) is 0 Å². The lowest BCUT2D eigenvalue weighted by Gasteiger charge is -2.12. The number of ether oxygens (including phenoxy) is 1. The van der Waals surface area contributed by atoms with Crippen molar-refractivity contribution in [1.82, 2.24) is 0 Å². The predicted octanol–water partition coefficient (Wildman–Crippen LogP) is 2.20. The topological polar surface area (TPSA) is 41.9 Å². The molecule has 1 aliphatic rings. The van der Waals surface area contributed by atoms with Crippen LogP contribution in [-0.4, -0.2) is 18.7 Å². The van der Waals surface area contributed by atoms with Gasteiger partial charge < -0.3 is 4.74 Å². The molecule has 0 saturated heterocycles. The van der Waals surface area contributed by atoms with E-state index in [1.807, 2.05) is 25.1 Å². The number of anilines is 1. The largest absolute Gasteiger partial charge is 0.497 e. The maximum absolute atomic E-state index is 11.7. The van der Waals surface area contributed by atoms with Gasteiger partial charge in [-0.05, 0) is 18.6 Å². The van der Waals surface area contributed by atoms with Gasteiger partial charge in [0.05, 0.1) is 19.2 Å². The Bertz CT molecular complexity index is 440. The summed E-state index contributed by atoms with van der Waals surface area (Å²) in [6.45, 7) is 2.00. The Kier molecular flexibility index (Phi) is 2.90. The standard InChI is InChI=1S/C12H14N2O2/c1-3-9-7-12(15)14(13-9)10-5-4-6-11(8-10)16-2/h4-6,8H,3,7H2,1-2H3. The Hall–Kier alpha value is -1.84. The van der Waals surface area contributed by atoms with Gasteiger partial charge in [-0.2, -0.15) is 5.10 Å². The molecule has 16 heavy (non-hydrogen) atoms. The third-order valence-electron chi connectivity index (χ3n) is 2.54. The van der Waals surface area contributed by atoms with Gasteiger partial charge in [0.1, 0.15) is 5.75 Å². The average Bonchev–Trinajstić information content (AvgIpc) is 2.71. The molecule has 0 bridgehead atoms. The van der Waals surface area contributed by atoms with Crippen LogP contribution < -0.4 is 9.75 Å². The van der Waals surface area contributed by atoms with E-state index < -0.39 is 0 Å². The first-order valence-electron chi connectivity index (χ1n) is 5.28. The maximum Gasteiger partial charge on any atom is 0.253 e. The molecule has 1 aromatic rings. The van der Waals surface area contributed by atoms with Crippen molar-refractivity contribution in [2.45, 2.75) is 19.8 Å². The summed E-state index contributed by atoms with van der Waals surface area (Å²) in [6.07, 6.45) is 1.24. The van der Waals surface area contributed by atoms with E-state index in [0.29, 0.717) is 6.42 Å². The Morgan fingerprint density at radius 1 is 1.50 bits per heavy atom. The molecular weight excluding hydrogens is 204 g/mol. The summed E-state index contributed by atoms with van der Waals surface area (Å²) in [7, 11) is 1.60. The number of hydrazone groups is 1. The lowest BCUT2D eigenvalue weighted by Crippen LogP contribution is -2.19. The zero-order valence-corrected chi connectivity index (χ0v) is 9.43. The monoisotopic (exact) mass is 218 g/mol. The van der Waals surface area contributed by atoms with Crippen molar-refractivity contribution in [2.24, 2.45) is 5.10 Å². The second kappa shape index (κ2) is 4.35. The first-order chi connectivity index (χ1) is 7.74. The maximum atomic E-state index is 11.7. The van der Waals surface area contributed by atoms with Crippen LogP contribution in [0.3, 0.4) is 0 Å². The van der Waals surface area contributed by atoms with E-state index in [-0.39, 0.29) is 5.91 Å². The summed E-state index contributed by atoms with van der Waals surface area (Å²) < 4.78 is 5.12. The fraction of sp³-hybridized carbons (Fsp3) is 0.333. The van der Waals surface area contributed by atoms with Gasteiger partial charge in [0, 0.05) is 11.8 Å². The number of nitrogens with zero attached hydrogens (tertiary/aromatic N) is 2. The van der Waals surface area contributed by atoms with Crippen molar-refractivity contribution in [2.75, 3.05) is 12.1 Å². The van der Waals surface area contributed by atoms with E-state index in [1.165, 1.54) is 5.01 Å². The summed E-state index contributed by atoms with van der Waals surface area (Å²) in [4.78, 5) is 11.7. The first kappa shape index (κ1) is 10.7. The summed E-state index contributed by atoms with van der Waals surface area (Å²) in [5, 5.41) is 5.72. The van der Waals surface area contributed by atoms with Crippen LogP contribution in [0.5, 0.6) is 5.75 Å². The van der Waals surface area contributed by atoms with Gasteiger partial charge in [-0.3, -0.25) is 4.79 Å². The molecule has 2 rings (SSSR count). The van der Waals surface area contributed by atoms with Gasteiger partial charge in [-0.15, -0.1) is 0 Å². The van der Waals surface area contributed by atoms with Crippen molar-refractivity contribution >= 4 is 17.3 Å². The lowest BCUT2D eigenvalue weighted by molar-refractivity contribution is -0.116. The molecule has 1 aliphatic heterocycles. The van der Waals surface area contributed by atoms with Crippen LogP contribution in [0.25, 0.3) is 0 Å². The molecule has 0 N–H and O–H groups in total. The van der Waals surface area contributed by atoms with Crippen molar-refractivity contribution in [1.29, 1.82) is 0 Å². The molecule has 0 aromatic heterocycles. The van der Waals surface area contributed by atoms with Gasteiger partial charge in [-0.25, -0.2) is 5.01 Å². The number of carbonyl (C=O) groups excluding carboxylic acids is 1. The fourth-order valence-corrected chi connectivity index (χ4v) is 1.62. The highest BCUT2D eigenvalue weighted by atomic mass is 16.5. The summed E-state index contributed by atoms with van der Waals surface area (Å²) in [5.41, 5.74) is 1.68. The fourth-order valence-electron chi connectivity index (χ4n) is 1.62. The van der Waals surface area contributed by atoms with Crippen molar-refractivity contribution in [3.05, 3.63) is 24.3 Å². The van der Waals surface area contributed by atoms with Crippen molar-refractivity contribution in [3.8, 4) is 5.75 Å². The first-order valence-corrected chi connectivity index (χ1v) is 5.28. The van der Waals surface area contributed by atoms with E-state index in [1.54, 1.807) is 13.2 Å². The van der Waals surface area contributed by atoms with Crippen LogP contribution in [0.15, 0.2) is 29.4 Å². The Balaban J connectivity index is 2.30. The van der Waals surface area contributed by atoms with Gasteiger partial charge >= 0.3 is 0 Å². The van der Waals surface area contributed by atoms with Gasteiger partial charge in [0.15, 0.2) is 0 Å². The molecule has 4 nitrogen and oxygen atoms in total. The molecule has 0 spiro atoms. The molecule has 0 atom stereocenters. The van der Waals surface area contributed by atoms with Gasteiger partial charge in [-0.1, -0.05) is 13.0 Å². The van der Waals surface area contributed by atoms with E-state index in [9.17, 15) is 4.79 Å². The minimum atomic E-state index is 0.0186. The zero-order chi connectivity index (χ0) is 11.5. The number of hydrogen-bond donors (Lipinski definition) is 0. The third-order valence-corrected chi connectivity index (χ3v) is 2.54. The Morgan fingerprint density at radius 3 is 2.94 bits per heavy atom. The number of hydrogen-bond acceptors (Lipinski definition) is 3. The smallest absolute Gasteiger partial charge is 0.253 e. The Morgan fingerprint density at radius 2 is 2.31 bits per heavy atom. The minimum absolute atomic E-state index is 0.0186.